The molecule has 3 atom stereocenters. The predicted molar refractivity (Wildman–Crippen MR) is 88.1 cm³/mol. The van der Waals surface area contributed by atoms with Crippen molar-refractivity contribution in [1.29, 1.82) is 0 Å². The lowest BCUT2D eigenvalue weighted by molar-refractivity contribution is -0.171. The first-order valence-corrected chi connectivity index (χ1v) is 9.05. The van der Waals surface area contributed by atoms with E-state index in [9.17, 15) is 0 Å². The lowest BCUT2D eigenvalue weighted by atomic mass is 9.46. The fraction of sp³-hybridized carbons (Fsp3) is 0.750. The number of hydrogen-bond acceptors (Lipinski definition) is 4. The van der Waals surface area contributed by atoms with Crippen molar-refractivity contribution < 1.29 is 4.74 Å². The molecule has 1 aromatic rings. The van der Waals surface area contributed by atoms with E-state index in [-0.39, 0.29) is 0 Å². The molecule has 1 spiro atoms. The second-order valence-electron chi connectivity index (χ2n) is 6.74. The molecule has 120 valence electrons. The third-order valence-corrected chi connectivity index (χ3v) is 6.54. The van der Waals surface area contributed by atoms with Gasteiger partial charge in [-0.1, -0.05) is 6.42 Å². The van der Waals surface area contributed by atoms with E-state index in [0.717, 1.165) is 24.1 Å². The topological polar surface area (TPSA) is 58.5 Å². The third-order valence-electron chi connectivity index (χ3n) is 5.63. The van der Waals surface area contributed by atoms with E-state index in [1.54, 1.807) is 11.3 Å². The zero-order valence-electron chi connectivity index (χ0n) is 13.3. The summed E-state index contributed by atoms with van der Waals surface area (Å²) in [5, 5.41) is 8.20. The summed E-state index contributed by atoms with van der Waals surface area (Å²) < 4.78 is 5.98. The minimum Gasteiger partial charge on any atom is -0.377 e. The molecular weight excluding hydrogens is 296 g/mol. The van der Waals surface area contributed by atoms with Crippen LogP contribution in [-0.2, 0) is 11.3 Å². The Morgan fingerprint density at radius 3 is 3.05 bits per heavy atom. The van der Waals surface area contributed by atoms with E-state index in [0.29, 0.717) is 23.5 Å². The highest BCUT2D eigenvalue weighted by Gasteiger charge is 2.66. The first-order valence-electron chi connectivity index (χ1n) is 8.23. The molecule has 1 aliphatic heterocycles. The SMILES string of the molecule is CN=C(NCc1ncc(C)s1)NC1C2CCOC2C12CCC2. The fourth-order valence-electron chi connectivity index (χ4n) is 4.44. The van der Waals surface area contributed by atoms with Crippen molar-refractivity contribution in [3.8, 4) is 0 Å². The van der Waals surface area contributed by atoms with E-state index >= 15 is 0 Å². The Labute approximate surface area is 135 Å². The maximum Gasteiger partial charge on any atom is 0.191 e. The van der Waals surface area contributed by atoms with E-state index in [2.05, 4.69) is 27.5 Å². The van der Waals surface area contributed by atoms with E-state index in [4.69, 9.17) is 4.74 Å². The van der Waals surface area contributed by atoms with Crippen molar-refractivity contribution >= 4 is 17.3 Å². The van der Waals surface area contributed by atoms with Gasteiger partial charge in [0.05, 0.1) is 12.6 Å². The number of ether oxygens (including phenoxy) is 1. The van der Waals surface area contributed by atoms with Crippen LogP contribution in [0, 0.1) is 18.3 Å². The van der Waals surface area contributed by atoms with Gasteiger partial charge in [-0.3, -0.25) is 4.99 Å². The van der Waals surface area contributed by atoms with Gasteiger partial charge in [-0.25, -0.2) is 4.98 Å². The van der Waals surface area contributed by atoms with Crippen molar-refractivity contribution in [2.24, 2.45) is 16.3 Å². The van der Waals surface area contributed by atoms with Gasteiger partial charge >= 0.3 is 0 Å². The number of guanidine groups is 1. The number of aromatic nitrogens is 1. The molecule has 0 amide bonds. The summed E-state index contributed by atoms with van der Waals surface area (Å²) in [5.74, 6) is 1.57. The van der Waals surface area contributed by atoms with Crippen LogP contribution in [0.1, 0.15) is 35.6 Å². The minimum absolute atomic E-state index is 0.385. The second kappa shape index (κ2) is 5.49. The van der Waals surface area contributed by atoms with E-state index in [1.807, 2.05) is 13.2 Å². The van der Waals surface area contributed by atoms with Crippen LogP contribution in [0.5, 0.6) is 0 Å². The average molecular weight is 320 g/mol. The van der Waals surface area contributed by atoms with Crippen LogP contribution in [-0.4, -0.2) is 36.7 Å². The van der Waals surface area contributed by atoms with E-state index < -0.39 is 0 Å². The Morgan fingerprint density at radius 2 is 2.41 bits per heavy atom. The molecule has 1 aromatic heterocycles. The molecular formula is C16H24N4OS. The molecule has 2 aliphatic carbocycles. The minimum atomic E-state index is 0.385. The van der Waals surface area contributed by atoms with Crippen LogP contribution < -0.4 is 10.6 Å². The summed E-state index contributed by atoms with van der Waals surface area (Å²) in [6.45, 7) is 3.76. The number of nitrogens with zero attached hydrogens (tertiary/aromatic N) is 2. The summed E-state index contributed by atoms with van der Waals surface area (Å²) in [7, 11) is 1.84. The zero-order valence-corrected chi connectivity index (χ0v) is 14.1. The average Bonchev–Trinajstić information content (AvgIpc) is 3.05. The van der Waals surface area contributed by atoms with Crippen molar-refractivity contribution in [1.82, 2.24) is 15.6 Å². The van der Waals surface area contributed by atoms with Gasteiger partial charge < -0.3 is 15.4 Å². The molecule has 6 heteroatoms. The highest BCUT2D eigenvalue weighted by molar-refractivity contribution is 7.11. The molecule has 2 saturated carbocycles. The van der Waals surface area contributed by atoms with E-state index in [1.165, 1.54) is 30.6 Å². The maximum absolute atomic E-state index is 5.98. The van der Waals surface area contributed by atoms with Gasteiger partial charge in [-0.2, -0.15) is 0 Å². The first kappa shape index (κ1) is 14.5. The number of hydrogen-bond donors (Lipinski definition) is 2. The lowest BCUT2D eigenvalue weighted by Gasteiger charge is -2.63. The highest BCUT2D eigenvalue weighted by Crippen LogP contribution is 2.62. The van der Waals surface area contributed by atoms with Crippen LogP contribution in [0.4, 0.5) is 0 Å². The van der Waals surface area contributed by atoms with Gasteiger partial charge in [-0.15, -0.1) is 11.3 Å². The van der Waals surface area contributed by atoms with Gasteiger partial charge in [0, 0.05) is 42.1 Å². The van der Waals surface area contributed by atoms with Crippen molar-refractivity contribution in [3.63, 3.8) is 0 Å². The Bertz CT molecular complexity index is 580. The quantitative estimate of drug-likeness (QED) is 0.661. The Morgan fingerprint density at radius 1 is 1.55 bits per heavy atom. The largest absolute Gasteiger partial charge is 0.377 e. The molecule has 0 aromatic carbocycles. The standard InChI is InChI=1S/C16H24N4OS/c1-10-8-18-12(22-10)9-19-15(17-2)20-13-11-4-7-21-14(11)16(13)5-3-6-16/h8,11,13-14H,3-7,9H2,1-2H3,(H2,17,19,20). The normalized spacial score (nSPS) is 32.3. The molecule has 5 nitrogen and oxygen atoms in total. The lowest BCUT2D eigenvalue weighted by Crippen LogP contribution is -2.72. The van der Waals surface area contributed by atoms with Gasteiger partial charge in [0.1, 0.15) is 5.01 Å². The molecule has 2 N–H and O–H groups in total. The monoisotopic (exact) mass is 320 g/mol. The van der Waals surface area contributed by atoms with Crippen LogP contribution >= 0.6 is 11.3 Å². The molecule has 2 heterocycles. The maximum atomic E-state index is 5.98. The number of aliphatic imine (C=N–C) groups is 1. The fourth-order valence-corrected chi connectivity index (χ4v) is 5.17. The number of nitrogens with one attached hydrogen (secondary N) is 2. The van der Waals surface area contributed by atoms with Crippen molar-refractivity contribution in [3.05, 3.63) is 16.1 Å². The number of rotatable bonds is 3. The highest BCUT2D eigenvalue weighted by atomic mass is 32.1. The summed E-state index contributed by atoms with van der Waals surface area (Å²) in [5.41, 5.74) is 0.385. The Kier molecular flexibility index (Phi) is 3.61. The van der Waals surface area contributed by atoms with Gasteiger partial charge in [-0.05, 0) is 26.2 Å². The van der Waals surface area contributed by atoms with Gasteiger partial charge in [0.2, 0.25) is 0 Å². The van der Waals surface area contributed by atoms with Crippen LogP contribution in [0.3, 0.4) is 0 Å². The first-order chi connectivity index (χ1) is 10.7. The molecule has 1 saturated heterocycles. The van der Waals surface area contributed by atoms with Gasteiger partial charge in [0.25, 0.3) is 0 Å². The molecule has 3 fully saturated rings. The van der Waals surface area contributed by atoms with Gasteiger partial charge in [0.15, 0.2) is 5.96 Å². The van der Waals surface area contributed by atoms with Crippen molar-refractivity contribution in [2.75, 3.05) is 13.7 Å². The van der Waals surface area contributed by atoms with Crippen LogP contribution in [0.15, 0.2) is 11.2 Å². The smallest absolute Gasteiger partial charge is 0.191 e. The summed E-state index contributed by atoms with van der Waals surface area (Å²) in [6, 6.07) is 0.526. The molecule has 22 heavy (non-hydrogen) atoms. The van der Waals surface area contributed by atoms with Crippen LogP contribution in [0.2, 0.25) is 0 Å². The third kappa shape index (κ3) is 2.15. The number of fused-ring (bicyclic) bond motifs is 2. The number of aryl methyl sites for hydroxylation is 1. The molecule has 3 aliphatic rings. The molecule has 0 radical (unpaired) electrons. The number of thiazole rings is 1. The molecule has 0 bridgehead atoms. The van der Waals surface area contributed by atoms with Crippen molar-refractivity contribution in [2.45, 2.75) is 51.3 Å². The summed E-state index contributed by atoms with van der Waals surface area (Å²) in [6.07, 6.45) is 7.55. The Balaban J connectivity index is 1.38. The van der Waals surface area contributed by atoms with Crippen LogP contribution in [0.25, 0.3) is 0 Å². The summed E-state index contributed by atoms with van der Waals surface area (Å²) >= 11 is 1.73. The second-order valence-corrected chi connectivity index (χ2v) is 8.06. The summed E-state index contributed by atoms with van der Waals surface area (Å²) in [4.78, 5) is 10.0. The zero-order chi connectivity index (χ0) is 15.2. The predicted octanol–water partition coefficient (Wildman–Crippen LogP) is 2.07. The Hall–Kier alpha value is -1.14. The molecule has 3 unspecified atom stereocenters. The molecule has 4 rings (SSSR count).